The maximum Gasteiger partial charge on any atom is 0.410 e. The van der Waals surface area contributed by atoms with Crippen LogP contribution in [0.25, 0.3) is 22.2 Å². The molecular formula is C33H40F2N6O3. The van der Waals surface area contributed by atoms with Crippen LogP contribution < -0.4 is 9.64 Å². The zero-order valence-electron chi connectivity index (χ0n) is 25.9. The lowest BCUT2D eigenvalue weighted by Gasteiger charge is -2.42. The van der Waals surface area contributed by atoms with Crippen molar-refractivity contribution in [2.75, 3.05) is 37.7 Å². The van der Waals surface area contributed by atoms with E-state index in [0.29, 0.717) is 42.0 Å². The minimum absolute atomic E-state index is 0.0305. The fourth-order valence-electron chi connectivity index (χ4n) is 7.73. The molecule has 234 valence electrons. The second-order valence-corrected chi connectivity index (χ2v) is 13.8. The molecule has 7 rings (SSSR count). The van der Waals surface area contributed by atoms with E-state index in [1.807, 2.05) is 25.7 Å². The van der Waals surface area contributed by atoms with E-state index in [0.717, 1.165) is 51.6 Å². The highest BCUT2D eigenvalue weighted by Gasteiger charge is 2.46. The Hall–Kier alpha value is -3.60. The van der Waals surface area contributed by atoms with Gasteiger partial charge in [-0.1, -0.05) is 12.1 Å². The van der Waals surface area contributed by atoms with E-state index in [1.54, 1.807) is 25.3 Å². The van der Waals surface area contributed by atoms with Crippen LogP contribution in [0.3, 0.4) is 0 Å². The molecule has 3 aromatic rings. The molecule has 0 saturated carbocycles. The number of piperazine rings is 1. The Balaban J connectivity index is 1.27. The van der Waals surface area contributed by atoms with Gasteiger partial charge in [-0.05, 0) is 90.9 Å². The van der Waals surface area contributed by atoms with E-state index in [4.69, 9.17) is 14.5 Å². The molecule has 4 aliphatic heterocycles. The number of fused-ring (bicyclic) bond motifs is 4. The van der Waals surface area contributed by atoms with Gasteiger partial charge in [0, 0.05) is 24.8 Å². The third-order valence-electron chi connectivity index (χ3n) is 9.83. The molecule has 2 bridgehead atoms. The molecule has 1 amide bonds. The second kappa shape index (κ2) is 10.8. The van der Waals surface area contributed by atoms with Gasteiger partial charge >= 0.3 is 12.1 Å². The summed E-state index contributed by atoms with van der Waals surface area (Å²) in [7, 11) is 0. The maximum atomic E-state index is 16.4. The van der Waals surface area contributed by atoms with Crippen molar-refractivity contribution < 1.29 is 23.0 Å². The molecule has 2 aromatic heterocycles. The van der Waals surface area contributed by atoms with Crippen molar-refractivity contribution in [2.24, 2.45) is 0 Å². The highest BCUT2D eigenvalue weighted by atomic mass is 19.1. The number of aromatic nitrogens is 3. The molecule has 1 aromatic carbocycles. The first kappa shape index (κ1) is 29.1. The Labute approximate surface area is 256 Å². The van der Waals surface area contributed by atoms with Gasteiger partial charge in [-0.25, -0.2) is 13.6 Å². The fourth-order valence-corrected chi connectivity index (χ4v) is 7.73. The van der Waals surface area contributed by atoms with Gasteiger partial charge in [-0.15, -0.1) is 0 Å². The molecule has 0 unspecified atom stereocenters. The summed E-state index contributed by atoms with van der Waals surface area (Å²) in [5.41, 5.74) is 0.210. The lowest BCUT2D eigenvalue weighted by molar-refractivity contribution is 0.0122. The van der Waals surface area contributed by atoms with Crippen molar-refractivity contribution in [1.82, 2.24) is 24.8 Å². The second-order valence-electron chi connectivity index (χ2n) is 13.8. The first-order valence-electron chi connectivity index (χ1n) is 15.8. The summed E-state index contributed by atoms with van der Waals surface area (Å²) in [6.45, 7) is 10.8. The number of ether oxygens (including phenoxy) is 2. The molecule has 4 saturated heterocycles. The van der Waals surface area contributed by atoms with Gasteiger partial charge in [0.15, 0.2) is 5.82 Å². The lowest BCUT2D eigenvalue weighted by atomic mass is 9.95. The molecule has 9 nitrogen and oxygen atoms in total. The zero-order chi connectivity index (χ0) is 30.8. The largest absolute Gasteiger partial charge is 0.461 e. The minimum Gasteiger partial charge on any atom is -0.461 e. The monoisotopic (exact) mass is 606 g/mol. The molecule has 0 aliphatic carbocycles. The van der Waals surface area contributed by atoms with E-state index in [1.165, 1.54) is 6.07 Å². The van der Waals surface area contributed by atoms with E-state index >= 15 is 4.39 Å². The average Bonchev–Trinajstić information content (AvgIpc) is 3.63. The van der Waals surface area contributed by atoms with Crippen LogP contribution in [0.4, 0.5) is 19.4 Å². The van der Waals surface area contributed by atoms with E-state index in [9.17, 15) is 9.18 Å². The molecule has 0 spiro atoms. The smallest absolute Gasteiger partial charge is 0.410 e. The van der Waals surface area contributed by atoms with Crippen LogP contribution in [-0.2, 0) is 4.74 Å². The van der Waals surface area contributed by atoms with Crippen LogP contribution in [0.5, 0.6) is 6.01 Å². The summed E-state index contributed by atoms with van der Waals surface area (Å²) in [5.74, 6) is -0.528. The van der Waals surface area contributed by atoms with Gasteiger partial charge in [-0.3, -0.25) is 14.8 Å². The summed E-state index contributed by atoms with van der Waals surface area (Å²) in [6.07, 6.45) is 7.36. The Morgan fingerprint density at radius 1 is 1.07 bits per heavy atom. The molecule has 4 fully saturated rings. The molecule has 6 heterocycles. The van der Waals surface area contributed by atoms with Crippen molar-refractivity contribution in [3.05, 3.63) is 41.6 Å². The van der Waals surface area contributed by atoms with Crippen molar-refractivity contribution in [3.8, 4) is 17.3 Å². The number of carbonyl (C=O) groups is 1. The summed E-state index contributed by atoms with van der Waals surface area (Å²) in [5, 5.41) is 0.458. The highest BCUT2D eigenvalue weighted by molar-refractivity contribution is 5.92. The number of benzene rings is 1. The van der Waals surface area contributed by atoms with Gasteiger partial charge in [0.2, 0.25) is 0 Å². The first-order valence-corrected chi connectivity index (χ1v) is 15.8. The van der Waals surface area contributed by atoms with Gasteiger partial charge in [0.05, 0.1) is 23.0 Å². The number of anilines is 1. The molecule has 4 aliphatic rings. The fraction of sp³-hybridized carbons (Fsp3) is 0.576. The van der Waals surface area contributed by atoms with Crippen LogP contribution >= 0.6 is 0 Å². The van der Waals surface area contributed by atoms with E-state index in [2.05, 4.69) is 19.8 Å². The van der Waals surface area contributed by atoms with E-state index < -0.39 is 17.2 Å². The Morgan fingerprint density at radius 2 is 1.77 bits per heavy atom. The number of rotatable bonds is 5. The summed E-state index contributed by atoms with van der Waals surface area (Å²) in [6, 6.07) is 4.57. The first-order chi connectivity index (χ1) is 21.0. The van der Waals surface area contributed by atoms with Crippen LogP contribution in [0.15, 0.2) is 24.4 Å². The van der Waals surface area contributed by atoms with Gasteiger partial charge in [0.1, 0.15) is 35.1 Å². The third kappa shape index (κ3) is 5.02. The quantitative estimate of drug-likeness (QED) is 0.357. The predicted molar refractivity (Wildman–Crippen MR) is 163 cm³/mol. The zero-order valence-corrected chi connectivity index (χ0v) is 25.9. The molecule has 0 N–H and O–H groups in total. The standard InChI is InChI=1S/C33H40F2N6O3/c1-20-23(8-5-9-25(20)34)27-26(35)28-24(16-36-27)29(38-30(37-28)43-19-33-12-6-14-40(33)15-7-13-33)39-17-21-10-11-22(18-39)41(21)31(42)44-32(2,3)4/h5,8-9,16,21-22H,6-7,10-15,17-19H2,1-4H3/t21-,22+. The minimum atomic E-state index is -0.637. The number of nitrogens with zero attached hydrogens (tertiary/aromatic N) is 6. The van der Waals surface area contributed by atoms with Crippen LogP contribution in [0.2, 0.25) is 0 Å². The summed E-state index contributed by atoms with van der Waals surface area (Å²) < 4.78 is 42.9. The predicted octanol–water partition coefficient (Wildman–Crippen LogP) is 5.87. The Morgan fingerprint density at radius 3 is 2.45 bits per heavy atom. The number of hydrogen-bond acceptors (Lipinski definition) is 8. The van der Waals surface area contributed by atoms with Crippen molar-refractivity contribution >= 4 is 22.8 Å². The van der Waals surface area contributed by atoms with Crippen molar-refractivity contribution in [3.63, 3.8) is 0 Å². The third-order valence-corrected chi connectivity index (χ3v) is 9.83. The number of pyridine rings is 1. The molecule has 11 heteroatoms. The Bertz CT molecular complexity index is 1590. The van der Waals surface area contributed by atoms with Crippen molar-refractivity contribution in [2.45, 2.75) is 89.4 Å². The summed E-state index contributed by atoms with van der Waals surface area (Å²) >= 11 is 0. The SMILES string of the molecule is Cc1c(F)cccc1-c1ncc2c(N3C[C@H]4CC[C@@H](C3)N4C(=O)OC(C)(C)C)nc(OCC34CCCN3CCC4)nc2c1F. The molecule has 0 radical (unpaired) electrons. The van der Waals surface area contributed by atoms with E-state index in [-0.39, 0.29) is 40.9 Å². The number of halogens is 2. The summed E-state index contributed by atoms with van der Waals surface area (Å²) in [4.78, 5) is 33.5. The molecule has 44 heavy (non-hydrogen) atoms. The average molecular weight is 607 g/mol. The lowest BCUT2D eigenvalue weighted by Crippen LogP contribution is -2.57. The Kier molecular flexibility index (Phi) is 7.14. The molecular weight excluding hydrogens is 566 g/mol. The van der Waals surface area contributed by atoms with Crippen LogP contribution in [0.1, 0.15) is 64.9 Å². The van der Waals surface area contributed by atoms with Gasteiger partial charge < -0.3 is 14.4 Å². The number of carbonyl (C=O) groups excluding carboxylic acids is 1. The topological polar surface area (TPSA) is 83.9 Å². The van der Waals surface area contributed by atoms with Crippen LogP contribution in [-0.4, -0.2) is 86.9 Å². The number of amides is 1. The molecule has 2 atom stereocenters. The van der Waals surface area contributed by atoms with Crippen molar-refractivity contribution in [1.29, 1.82) is 0 Å². The van der Waals surface area contributed by atoms with Gasteiger partial charge in [0.25, 0.3) is 0 Å². The number of hydrogen-bond donors (Lipinski definition) is 0. The highest BCUT2D eigenvalue weighted by Crippen LogP contribution is 2.41. The van der Waals surface area contributed by atoms with Gasteiger partial charge in [-0.2, -0.15) is 9.97 Å². The normalized spacial score (nSPS) is 23.0. The van der Waals surface area contributed by atoms with Crippen LogP contribution in [0, 0.1) is 18.6 Å². The maximum absolute atomic E-state index is 16.4.